The number of urea groups is 1. The quantitative estimate of drug-likeness (QED) is 0.154. The Morgan fingerprint density at radius 2 is 1.65 bits per heavy atom. The first kappa shape index (κ1) is 29.4. The molecule has 0 aliphatic rings. The second-order valence-electron chi connectivity index (χ2n) is 10.9. The summed E-state index contributed by atoms with van der Waals surface area (Å²) in [7, 11) is -2.20. The van der Waals surface area contributed by atoms with E-state index in [2.05, 4.69) is 30.3 Å². The van der Waals surface area contributed by atoms with E-state index in [0.717, 1.165) is 28.3 Å². The van der Waals surface area contributed by atoms with Gasteiger partial charge in [0.2, 0.25) is 10.0 Å². The number of carbonyl (C=O) groups excluding carboxylic acids is 1. The topological polar surface area (TPSA) is 147 Å². The summed E-state index contributed by atoms with van der Waals surface area (Å²) in [5.74, 6) is 1.38. The molecule has 3 aromatic carbocycles. The van der Waals surface area contributed by atoms with Crippen LogP contribution in [0, 0.1) is 0 Å². The number of nitrogens with one attached hydrogen (secondary N) is 4. The summed E-state index contributed by atoms with van der Waals surface area (Å²) in [5.41, 5.74) is 3.01. The van der Waals surface area contributed by atoms with Gasteiger partial charge in [0.05, 0.1) is 54.3 Å². The molecule has 12 heteroatoms. The smallest absolute Gasteiger partial charge is 0.323 e. The van der Waals surface area contributed by atoms with Crippen LogP contribution in [0.2, 0.25) is 0 Å². The Morgan fingerprint density at radius 1 is 0.930 bits per heavy atom. The van der Waals surface area contributed by atoms with Crippen molar-refractivity contribution >= 4 is 43.9 Å². The van der Waals surface area contributed by atoms with Crippen molar-refractivity contribution in [3.05, 3.63) is 84.9 Å². The molecule has 0 aliphatic carbocycles. The van der Waals surface area contributed by atoms with Gasteiger partial charge >= 0.3 is 6.03 Å². The Bertz CT molecular complexity index is 1900. The third-order valence-electron chi connectivity index (χ3n) is 6.57. The van der Waals surface area contributed by atoms with Crippen molar-refractivity contribution in [1.29, 1.82) is 0 Å². The Labute approximate surface area is 249 Å². The van der Waals surface area contributed by atoms with E-state index in [1.165, 1.54) is 7.11 Å². The summed E-state index contributed by atoms with van der Waals surface area (Å²) in [6.07, 6.45) is 5.99. The number of aromatic nitrogens is 3. The minimum Gasteiger partial charge on any atom is -0.492 e. The maximum atomic E-state index is 13.3. The number of pyridine rings is 1. The molecule has 43 heavy (non-hydrogen) atoms. The fourth-order valence-corrected chi connectivity index (χ4v) is 5.09. The second kappa shape index (κ2) is 11.6. The molecule has 0 saturated heterocycles. The fraction of sp³-hybridized carbons (Fsp3) is 0.194. The van der Waals surface area contributed by atoms with Crippen molar-refractivity contribution in [2.45, 2.75) is 26.2 Å². The Kier molecular flexibility index (Phi) is 7.96. The number of carbonyl (C=O) groups is 1. The molecule has 0 atom stereocenters. The first-order valence-electron chi connectivity index (χ1n) is 13.3. The predicted octanol–water partition coefficient (Wildman–Crippen LogP) is 6.74. The van der Waals surface area contributed by atoms with Crippen LogP contribution in [0.3, 0.4) is 0 Å². The number of fused-ring (bicyclic) bond motifs is 1. The fourth-order valence-electron chi connectivity index (χ4n) is 4.54. The van der Waals surface area contributed by atoms with Crippen molar-refractivity contribution in [1.82, 2.24) is 15.0 Å². The van der Waals surface area contributed by atoms with E-state index in [0.29, 0.717) is 28.6 Å². The number of benzene rings is 3. The average Bonchev–Trinajstić information content (AvgIpc) is 3.48. The summed E-state index contributed by atoms with van der Waals surface area (Å²) in [4.78, 5) is 24.8. The van der Waals surface area contributed by atoms with E-state index >= 15 is 0 Å². The number of aromatic amines is 1. The standard InChI is InChI=1S/C31H32N6O5S/c1-31(2,3)19-14-25(29(41-4)26(15-19)37-43(5,39)40)36-30(38)35-23-10-11-28(22-9-7-6-8-21(22)23)42-20-12-13-33-24(16-20)27-17-32-18-34-27/h6-18,37H,1-5H3,(H,32,34)(H2,35,36,38). The van der Waals surface area contributed by atoms with Gasteiger partial charge in [0.1, 0.15) is 11.5 Å². The number of hydrogen-bond acceptors (Lipinski definition) is 7. The van der Waals surface area contributed by atoms with E-state index in [4.69, 9.17) is 9.47 Å². The number of sulfonamides is 1. The van der Waals surface area contributed by atoms with Crippen molar-refractivity contribution in [3.8, 4) is 28.6 Å². The molecule has 0 bridgehead atoms. The predicted molar refractivity (Wildman–Crippen MR) is 169 cm³/mol. The first-order chi connectivity index (χ1) is 20.4. The van der Waals surface area contributed by atoms with E-state index in [-0.39, 0.29) is 16.9 Å². The Balaban J connectivity index is 1.43. The maximum absolute atomic E-state index is 13.3. The summed E-state index contributed by atoms with van der Waals surface area (Å²) >= 11 is 0. The van der Waals surface area contributed by atoms with E-state index in [1.807, 2.05) is 51.1 Å². The van der Waals surface area contributed by atoms with Crippen molar-refractivity contribution in [2.24, 2.45) is 0 Å². The van der Waals surface area contributed by atoms with Crippen LogP contribution in [0.25, 0.3) is 22.2 Å². The summed E-state index contributed by atoms with van der Waals surface area (Å²) in [6.45, 7) is 5.97. The molecule has 2 aromatic heterocycles. The second-order valence-corrected chi connectivity index (χ2v) is 12.7. The van der Waals surface area contributed by atoms with Gasteiger partial charge in [0, 0.05) is 23.0 Å². The number of methoxy groups -OCH3 is 1. The summed E-state index contributed by atoms with van der Waals surface area (Å²) < 4.78 is 38.4. The lowest BCUT2D eigenvalue weighted by Gasteiger charge is -2.24. The molecule has 0 spiro atoms. The molecule has 0 fully saturated rings. The van der Waals surface area contributed by atoms with Gasteiger partial charge in [-0.15, -0.1) is 0 Å². The highest BCUT2D eigenvalue weighted by atomic mass is 32.2. The number of anilines is 3. The molecule has 0 saturated carbocycles. The van der Waals surface area contributed by atoms with Crippen molar-refractivity contribution < 1.29 is 22.7 Å². The van der Waals surface area contributed by atoms with Crippen LogP contribution >= 0.6 is 0 Å². The van der Waals surface area contributed by atoms with Crippen LogP contribution in [-0.2, 0) is 15.4 Å². The van der Waals surface area contributed by atoms with Crippen LogP contribution in [0.1, 0.15) is 26.3 Å². The largest absolute Gasteiger partial charge is 0.492 e. The van der Waals surface area contributed by atoms with Gasteiger partial charge in [-0.1, -0.05) is 45.0 Å². The number of H-pyrrole nitrogens is 1. The van der Waals surface area contributed by atoms with Crippen molar-refractivity contribution in [3.63, 3.8) is 0 Å². The average molecular weight is 601 g/mol. The van der Waals surface area contributed by atoms with Gasteiger partial charge in [-0.25, -0.2) is 18.2 Å². The molecule has 0 aliphatic heterocycles. The molecule has 5 rings (SSSR count). The zero-order valence-electron chi connectivity index (χ0n) is 24.3. The lowest BCUT2D eigenvalue weighted by Crippen LogP contribution is -2.22. The Morgan fingerprint density at radius 3 is 2.33 bits per heavy atom. The van der Waals surface area contributed by atoms with Crippen LogP contribution in [0.15, 0.2) is 79.4 Å². The van der Waals surface area contributed by atoms with Crippen LogP contribution in [0.5, 0.6) is 17.2 Å². The van der Waals surface area contributed by atoms with Crippen molar-refractivity contribution in [2.75, 3.05) is 28.7 Å². The van der Waals surface area contributed by atoms with Gasteiger partial charge in [-0.05, 0) is 41.3 Å². The molecule has 11 nitrogen and oxygen atoms in total. The third-order valence-corrected chi connectivity index (χ3v) is 7.16. The van der Waals surface area contributed by atoms with Crippen LogP contribution in [-0.4, -0.2) is 42.8 Å². The molecular formula is C31H32N6O5S. The number of imidazole rings is 1. The number of nitrogens with zero attached hydrogens (tertiary/aromatic N) is 2. The van der Waals surface area contributed by atoms with Gasteiger partial charge in [-0.3, -0.25) is 9.71 Å². The third kappa shape index (κ3) is 6.87. The van der Waals surface area contributed by atoms with E-state index in [9.17, 15) is 13.2 Å². The molecule has 4 N–H and O–H groups in total. The highest BCUT2D eigenvalue weighted by Gasteiger charge is 2.22. The van der Waals surface area contributed by atoms with E-state index in [1.54, 1.807) is 49.1 Å². The first-order valence-corrected chi connectivity index (χ1v) is 15.2. The maximum Gasteiger partial charge on any atom is 0.323 e. The lowest BCUT2D eigenvalue weighted by atomic mass is 9.86. The van der Waals surface area contributed by atoms with Crippen LogP contribution in [0.4, 0.5) is 21.9 Å². The summed E-state index contributed by atoms with van der Waals surface area (Å²) in [5, 5.41) is 7.28. The molecule has 2 heterocycles. The minimum absolute atomic E-state index is 0.189. The van der Waals surface area contributed by atoms with Gasteiger partial charge in [0.15, 0.2) is 5.75 Å². The highest BCUT2D eigenvalue weighted by Crippen LogP contribution is 2.40. The number of hydrogen-bond donors (Lipinski definition) is 4. The SMILES string of the molecule is COc1c(NC(=O)Nc2ccc(Oc3ccnc(-c4cnc[nH]4)c3)c3ccccc23)cc(C(C)(C)C)cc1NS(C)(=O)=O. The minimum atomic E-state index is -3.61. The lowest BCUT2D eigenvalue weighted by molar-refractivity contribution is 0.262. The highest BCUT2D eigenvalue weighted by molar-refractivity contribution is 7.92. The summed E-state index contributed by atoms with van der Waals surface area (Å²) in [6, 6.07) is 17.6. The monoisotopic (exact) mass is 600 g/mol. The normalized spacial score (nSPS) is 11.7. The number of amides is 2. The Hall–Kier alpha value is -5.10. The number of rotatable bonds is 8. The van der Waals surface area contributed by atoms with Gasteiger partial charge in [0.25, 0.3) is 0 Å². The molecule has 0 unspecified atom stereocenters. The molecule has 2 amide bonds. The zero-order chi connectivity index (χ0) is 30.8. The molecular weight excluding hydrogens is 568 g/mol. The van der Waals surface area contributed by atoms with Gasteiger partial charge in [-0.2, -0.15) is 0 Å². The number of ether oxygens (including phenoxy) is 2. The molecule has 222 valence electrons. The molecule has 0 radical (unpaired) electrons. The van der Waals surface area contributed by atoms with Gasteiger partial charge < -0.3 is 25.1 Å². The van der Waals surface area contributed by atoms with Crippen LogP contribution < -0.4 is 24.8 Å². The molecule has 5 aromatic rings. The zero-order valence-corrected chi connectivity index (χ0v) is 25.2. The van der Waals surface area contributed by atoms with E-state index < -0.39 is 16.1 Å².